The zero-order chi connectivity index (χ0) is 43.8. The Labute approximate surface area is 354 Å². The van der Waals surface area contributed by atoms with Crippen molar-refractivity contribution in [1.82, 2.24) is 38.1 Å². The molecule has 0 aliphatic carbocycles. The lowest BCUT2D eigenvalue weighted by Gasteiger charge is -2.28. The van der Waals surface area contributed by atoms with E-state index < -0.39 is 42.8 Å². The first-order valence-corrected chi connectivity index (χ1v) is 22.6. The lowest BCUT2D eigenvalue weighted by atomic mass is 10.1. The summed E-state index contributed by atoms with van der Waals surface area (Å²) in [5.74, 6) is 0.438. The monoisotopic (exact) mass is 856 g/mol. The summed E-state index contributed by atoms with van der Waals surface area (Å²) in [7, 11) is -4.46. The van der Waals surface area contributed by atoms with Gasteiger partial charge in [0.05, 0.1) is 0 Å². The zero-order valence-corrected chi connectivity index (χ0v) is 37.1. The van der Waals surface area contributed by atoms with E-state index >= 15 is 0 Å². The van der Waals surface area contributed by atoms with Gasteiger partial charge in [-0.15, -0.1) is 0 Å². The first-order valence-electron chi connectivity index (χ1n) is 19.6. The van der Waals surface area contributed by atoms with Gasteiger partial charge >= 0.3 is 0 Å². The Morgan fingerprint density at radius 1 is 0.483 bits per heavy atom. The van der Waals surface area contributed by atoms with Crippen LogP contribution in [0.3, 0.4) is 0 Å². The van der Waals surface area contributed by atoms with Crippen LogP contribution in [0.2, 0.25) is 0 Å². The Hall–Kier alpha value is -5.10. The van der Waals surface area contributed by atoms with E-state index in [1.165, 1.54) is 44.5 Å². The fourth-order valence-corrected chi connectivity index (χ4v) is 9.57. The van der Waals surface area contributed by atoms with Gasteiger partial charge < -0.3 is 10.2 Å². The molecule has 2 N–H and O–H groups in total. The van der Waals surface area contributed by atoms with Crippen LogP contribution < -0.4 is 0 Å². The molecule has 0 fully saturated rings. The fourth-order valence-electron chi connectivity index (χ4n) is 6.42. The molecule has 0 saturated heterocycles. The van der Waals surface area contributed by atoms with Gasteiger partial charge in [0.2, 0.25) is 20.0 Å². The van der Waals surface area contributed by atoms with Crippen LogP contribution in [-0.2, 0) is 60.3 Å². The maximum atomic E-state index is 13.5. The molecule has 0 amide bonds. The predicted molar refractivity (Wildman–Crippen MR) is 232 cm³/mol. The van der Waals surface area contributed by atoms with Crippen molar-refractivity contribution in [3.63, 3.8) is 0 Å². The molecule has 14 nitrogen and oxygen atoms in total. The second-order valence-corrected chi connectivity index (χ2v) is 19.9. The lowest BCUT2D eigenvalue weighted by molar-refractivity contribution is 0.157. The molecule has 0 radical (unpaired) electrons. The average molecular weight is 857 g/mol. The number of aromatic nitrogens is 6. The molecular formula is C44H56N8O6S2. The van der Waals surface area contributed by atoms with E-state index in [-0.39, 0.29) is 37.8 Å². The predicted octanol–water partition coefficient (Wildman–Crippen LogP) is 5.77. The maximum Gasteiger partial charge on any atom is 0.220 e. The molecule has 2 heterocycles. The van der Waals surface area contributed by atoms with Crippen LogP contribution >= 0.6 is 0 Å². The molecule has 6 aromatic rings. The molecule has 0 bridgehead atoms. The van der Waals surface area contributed by atoms with E-state index in [0.717, 1.165) is 44.5 Å². The molecule has 0 saturated carbocycles. The number of rotatable bonds is 16. The maximum absolute atomic E-state index is 13.5. The molecule has 16 heteroatoms. The molecule has 0 unspecified atom stereocenters. The third-order valence-corrected chi connectivity index (χ3v) is 14.8. The summed E-state index contributed by atoms with van der Waals surface area (Å²) in [5, 5.41) is 27.1. The van der Waals surface area contributed by atoms with Gasteiger partial charge in [-0.25, -0.2) is 26.8 Å². The molecule has 0 spiro atoms. The van der Waals surface area contributed by atoms with Crippen molar-refractivity contribution in [2.75, 3.05) is 0 Å². The van der Waals surface area contributed by atoms with Gasteiger partial charge in [-0.1, -0.05) is 119 Å². The summed E-state index contributed by atoms with van der Waals surface area (Å²) in [6.07, 6.45) is 0.0183. The van der Waals surface area contributed by atoms with Crippen molar-refractivity contribution in [3.05, 3.63) is 166 Å². The Bertz CT molecular complexity index is 2230. The Balaban J connectivity index is 0.000000228. The quantitative estimate of drug-likeness (QED) is 0.122. The van der Waals surface area contributed by atoms with Crippen molar-refractivity contribution in [2.24, 2.45) is 14.1 Å². The largest absolute Gasteiger partial charge is 0.384 e. The van der Waals surface area contributed by atoms with Crippen LogP contribution in [0, 0.1) is 27.7 Å². The van der Waals surface area contributed by atoms with Gasteiger partial charge in [-0.2, -0.15) is 18.8 Å². The topological polar surface area (TPSA) is 177 Å². The summed E-state index contributed by atoms with van der Waals surface area (Å²) >= 11 is 0. The number of sulfonamides is 2. The first kappa shape index (κ1) is 46.0. The molecule has 0 aliphatic heterocycles. The van der Waals surface area contributed by atoms with Gasteiger partial charge in [-0.3, -0.25) is 9.36 Å². The Morgan fingerprint density at radius 2 is 0.717 bits per heavy atom. The average Bonchev–Trinajstić information content (AvgIpc) is 3.87. The van der Waals surface area contributed by atoms with Gasteiger partial charge in [0.15, 0.2) is 11.6 Å². The molecule has 4 aromatic carbocycles. The zero-order valence-electron chi connectivity index (χ0n) is 35.5. The molecule has 6 rings (SSSR count). The van der Waals surface area contributed by atoms with Crippen LogP contribution in [0.5, 0.6) is 0 Å². The van der Waals surface area contributed by atoms with Crippen molar-refractivity contribution in [3.8, 4) is 0 Å². The third kappa shape index (κ3) is 11.6. The number of hydrogen-bond acceptors (Lipinski definition) is 10. The Morgan fingerprint density at radius 3 is 0.917 bits per heavy atom. The fraction of sp³-hybridized carbons (Fsp3) is 0.364. The molecule has 60 heavy (non-hydrogen) atoms. The van der Waals surface area contributed by atoms with Crippen molar-refractivity contribution < 1.29 is 27.0 Å². The van der Waals surface area contributed by atoms with E-state index in [9.17, 15) is 27.0 Å². The summed E-state index contributed by atoms with van der Waals surface area (Å²) in [5.41, 5.74) is 7.98. The van der Waals surface area contributed by atoms with E-state index in [4.69, 9.17) is 0 Å². The normalized spacial score (nSPS) is 14.1. The van der Waals surface area contributed by atoms with Gasteiger partial charge in [-0.05, 0) is 63.8 Å². The second-order valence-electron chi connectivity index (χ2n) is 15.4. The highest BCUT2D eigenvalue weighted by molar-refractivity contribution is 7.90. The van der Waals surface area contributed by atoms with Crippen LogP contribution in [0.15, 0.2) is 110 Å². The molecule has 0 aliphatic rings. The number of hydrogen-bond donors (Lipinski definition) is 2. The number of aryl methyl sites for hydroxylation is 6. The molecule has 320 valence electrons. The van der Waals surface area contributed by atoms with Crippen molar-refractivity contribution in [1.29, 1.82) is 0 Å². The Kier molecular flexibility index (Phi) is 15.3. The number of aliphatic hydroxyl groups is 2. The highest BCUT2D eigenvalue weighted by Crippen LogP contribution is 2.28. The van der Waals surface area contributed by atoms with E-state index in [2.05, 4.69) is 20.2 Å². The smallest absolute Gasteiger partial charge is 0.220 e. The number of aliphatic hydroxyl groups excluding tert-OH is 2. The molecular weight excluding hydrogens is 801 g/mol. The highest BCUT2D eigenvalue weighted by Gasteiger charge is 2.38. The summed E-state index contributed by atoms with van der Waals surface area (Å²) in [6.45, 7) is 11.8. The number of benzene rings is 4. The van der Waals surface area contributed by atoms with Crippen LogP contribution in [0.1, 0.15) is 82.2 Å². The lowest BCUT2D eigenvalue weighted by Crippen LogP contribution is -2.40. The minimum atomic E-state index is -3.86. The summed E-state index contributed by atoms with van der Waals surface area (Å²) in [6, 6.07) is 31.1. The standard InChI is InChI=1S/2C22H28N4O3S/c2*1-16-5-9-19(10-6-16)13-26(14-20-11-7-17(2)8-12-20)30(28,29)18(3)21(27)22-23-15-24-25(22)4/h2*5-12,15,18,21,27H,13-14H2,1-4H3/t2*18-,21-/m10/s1. The first-order chi connectivity index (χ1) is 28.4. The summed E-state index contributed by atoms with van der Waals surface area (Å²) in [4.78, 5) is 8.03. The van der Waals surface area contributed by atoms with Crippen molar-refractivity contribution in [2.45, 2.75) is 90.4 Å². The molecule has 2 aromatic heterocycles. The van der Waals surface area contributed by atoms with E-state index in [0.29, 0.717) is 0 Å². The van der Waals surface area contributed by atoms with E-state index in [1.807, 2.05) is 125 Å². The van der Waals surface area contributed by atoms with Gasteiger partial charge in [0, 0.05) is 40.3 Å². The highest BCUT2D eigenvalue weighted by atomic mass is 32.2. The minimum Gasteiger partial charge on any atom is -0.384 e. The third-order valence-electron chi connectivity index (χ3n) is 10.5. The minimum absolute atomic E-state index is 0.215. The van der Waals surface area contributed by atoms with Gasteiger partial charge in [0.1, 0.15) is 35.4 Å². The van der Waals surface area contributed by atoms with Crippen molar-refractivity contribution >= 4 is 20.0 Å². The van der Waals surface area contributed by atoms with Crippen LogP contribution in [-0.4, -0.2) is 75.7 Å². The molecule has 4 atom stereocenters. The number of nitrogens with zero attached hydrogens (tertiary/aromatic N) is 8. The van der Waals surface area contributed by atoms with Crippen LogP contribution in [0.25, 0.3) is 0 Å². The van der Waals surface area contributed by atoms with E-state index in [1.54, 1.807) is 14.1 Å². The van der Waals surface area contributed by atoms with Crippen LogP contribution in [0.4, 0.5) is 0 Å². The summed E-state index contributed by atoms with van der Waals surface area (Å²) < 4.78 is 59.7. The second kappa shape index (κ2) is 20.0. The van der Waals surface area contributed by atoms with Gasteiger partial charge in [0.25, 0.3) is 0 Å². The SMILES string of the molecule is Cc1ccc(CN(Cc2ccc(C)cc2)S(=O)(=O)[C@@H](C)[C@H](O)c2ncnn2C)cc1.Cc1ccc(CN(Cc2ccc(C)cc2)S(=O)(=O)[C@H](C)[C@@H](O)c2ncnn2C)cc1.